The Morgan fingerprint density at radius 1 is 1.19 bits per heavy atom. The molecule has 1 aromatic rings. The van der Waals surface area contributed by atoms with E-state index in [2.05, 4.69) is 4.90 Å². The second-order valence-corrected chi connectivity index (χ2v) is 4.49. The molecule has 1 heterocycles. The van der Waals surface area contributed by atoms with Gasteiger partial charge in [-0.25, -0.2) is 0 Å². The normalized spacial score (nSPS) is 19.8. The van der Waals surface area contributed by atoms with Crippen LogP contribution >= 0.6 is 0 Å². The highest BCUT2D eigenvalue weighted by Crippen LogP contribution is 2.22. The van der Waals surface area contributed by atoms with Crippen LogP contribution in [0.5, 0.6) is 0 Å². The average Bonchev–Trinajstić information content (AvgIpc) is 2.30. The fourth-order valence-electron chi connectivity index (χ4n) is 2.09. The highest BCUT2D eigenvalue weighted by molar-refractivity contribution is 5.48. The maximum Gasteiger partial charge on any atom is 0.0761 e. The van der Waals surface area contributed by atoms with E-state index < -0.39 is 6.10 Å². The van der Waals surface area contributed by atoms with Crippen molar-refractivity contribution in [3.05, 3.63) is 29.8 Å². The van der Waals surface area contributed by atoms with Gasteiger partial charge in [0, 0.05) is 18.8 Å². The van der Waals surface area contributed by atoms with Crippen molar-refractivity contribution < 1.29 is 10.2 Å². The van der Waals surface area contributed by atoms with Crippen molar-refractivity contribution >= 4 is 5.69 Å². The molecule has 1 atom stereocenters. The average molecular weight is 221 g/mol. The Bertz CT molecular complexity index is 326. The molecule has 1 aromatic carbocycles. The molecule has 0 radical (unpaired) electrons. The van der Waals surface area contributed by atoms with Crippen LogP contribution in [0.2, 0.25) is 0 Å². The summed E-state index contributed by atoms with van der Waals surface area (Å²) >= 11 is 0. The molecule has 1 saturated heterocycles. The van der Waals surface area contributed by atoms with Crippen molar-refractivity contribution in [2.45, 2.75) is 32.0 Å². The summed E-state index contributed by atoms with van der Waals surface area (Å²) in [6.45, 7) is 3.59. The summed E-state index contributed by atoms with van der Waals surface area (Å²) in [6, 6.07) is 8.01. The number of hydrogen-bond acceptors (Lipinski definition) is 3. The molecule has 0 aromatic heterocycles. The third-order valence-corrected chi connectivity index (χ3v) is 3.21. The summed E-state index contributed by atoms with van der Waals surface area (Å²) in [5.41, 5.74) is 2.12. The first-order valence-electron chi connectivity index (χ1n) is 5.88. The van der Waals surface area contributed by atoms with Crippen molar-refractivity contribution in [2.75, 3.05) is 18.0 Å². The first-order chi connectivity index (χ1) is 7.66. The van der Waals surface area contributed by atoms with Crippen LogP contribution in [-0.4, -0.2) is 29.4 Å². The third-order valence-electron chi connectivity index (χ3n) is 3.21. The van der Waals surface area contributed by atoms with Crippen LogP contribution in [0.4, 0.5) is 5.69 Å². The van der Waals surface area contributed by atoms with Crippen molar-refractivity contribution in [1.82, 2.24) is 0 Å². The summed E-state index contributed by atoms with van der Waals surface area (Å²) in [5.74, 6) is 0. The van der Waals surface area contributed by atoms with E-state index >= 15 is 0 Å². The SMILES string of the molecule is CC(O)c1ccc(N2CCC(O)CC2)cc1. The number of aliphatic hydroxyl groups is 2. The summed E-state index contributed by atoms with van der Waals surface area (Å²) in [5, 5.41) is 18.8. The van der Waals surface area contributed by atoms with Gasteiger partial charge in [-0.1, -0.05) is 12.1 Å². The number of aliphatic hydroxyl groups excluding tert-OH is 2. The van der Waals surface area contributed by atoms with E-state index in [1.165, 1.54) is 5.69 Å². The molecular weight excluding hydrogens is 202 g/mol. The predicted octanol–water partition coefficient (Wildman–Crippen LogP) is 1.70. The fourth-order valence-corrected chi connectivity index (χ4v) is 2.09. The van der Waals surface area contributed by atoms with Crippen LogP contribution in [0.3, 0.4) is 0 Å². The van der Waals surface area contributed by atoms with Gasteiger partial charge < -0.3 is 15.1 Å². The quantitative estimate of drug-likeness (QED) is 0.799. The van der Waals surface area contributed by atoms with Crippen LogP contribution in [0.1, 0.15) is 31.4 Å². The predicted molar refractivity (Wildman–Crippen MR) is 64.5 cm³/mol. The molecule has 1 fully saturated rings. The van der Waals surface area contributed by atoms with Gasteiger partial charge in [-0.2, -0.15) is 0 Å². The minimum atomic E-state index is -0.405. The largest absolute Gasteiger partial charge is 0.393 e. The van der Waals surface area contributed by atoms with Crippen molar-refractivity contribution in [2.24, 2.45) is 0 Å². The lowest BCUT2D eigenvalue weighted by Gasteiger charge is -2.31. The maximum absolute atomic E-state index is 9.43. The molecule has 0 bridgehead atoms. The van der Waals surface area contributed by atoms with Gasteiger partial charge in [0.15, 0.2) is 0 Å². The van der Waals surface area contributed by atoms with Crippen molar-refractivity contribution in [1.29, 1.82) is 0 Å². The van der Waals surface area contributed by atoms with E-state index in [0.29, 0.717) is 0 Å². The minimum Gasteiger partial charge on any atom is -0.393 e. The molecule has 2 rings (SSSR count). The zero-order valence-electron chi connectivity index (χ0n) is 9.63. The van der Waals surface area contributed by atoms with E-state index in [-0.39, 0.29) is 6.10 Å². The highest BCUT2D eigenvalue weighted by atomic mass is 16.3. The topological polar surface area (TPSA) is 43.7 Å². The molecule has 0 aliphatic carbocycles. The number of hydrogen-bond donors (Lipinski definition) is 2. The molecule has 3 heteroatoms. The standard InChI is InChI=1S/C13H19NO2/c1-10(15)11-2-4-12(5-3-11)14-8-6-13(16)7-9-14/h2-5,10,13,15-16H,6-9H2,1H3. The molecule has 1 unspecified atom stereocenters. The summed E-state index contributed by atoms with van der Waals surface area (Å²) < 4.78 is 0. The van der Waals surface area contributed by atoms with Gasteiger partial charge in [0.05, 0.1) is 12.2 Å². The lowest BCUT2D eigenvalue weighted by molar-refractivity contribution is 0.145. The highest BCUT2D eigenvalue weighted by Gasteiger charge is 2.17. The maximum atomic E-state index is 9.43. The Hall–Kier alpha value is -1.06. The third kappa shape index (κ3) is 2.54. The van der Waals surface area contributed by atoms with Crippen LogP contribution in [-0.2, 0) is 0 Å². The van der Waals surface area contributed by atoms with Gasteiger partial charge in [0.2, 0.25) is 0 Å². The first kappa shape index (κ1) is 11.4. The number of anilines is 1. The molecule has 3 nitrogen and oxygen atoms in total. The molecule has 1 aliphatic heterocycles. The molecule has 1 aliphatic rings. The zero-order chi connectivity index (χ0) is 11.5. The first-order valence-corrected chi connectivity index (χ1v) is 5.88. The summed E-state index contributed by atoms with van der Waals surface area (Å²) in [4.78, 5) is 2.28. The minimum absolute atomic E-state index is 0.131. The second-order valence-electron chi connectivity index (χ2n) is 4.49. The number of nitrogens with zero attached hydrogens (tertiary/aromatic N) is 1. The van der Waals surface area contributed by atoms with Crippen LogP contribution in [0.15, 0.2) is 24.3 Å². The smallest absolute Gasteiger partial charge is 0.0761 e. The van der Waals surface area contributed by atoms with E-state index in [1.54, 1.807) is 6.92 Å². The zero-order valence-corrected chi connectivity index (χ0v) is 9.63. The molecule has 2 N–H and O–H groups in total. The lowest BCUT2D eigenvalue weighted by atomic mass is 10.1. The van der Waals surface area contributed by atoms with Crippen LogP contribution in [0.25, 0.3) is 0 Å². The molecular formula is C13H19NO2. The number of benzene rings is 1. The molecule has 0 amide bonds. The Morgan fingerprint density at radius 2 is 1.75 bits per heavy atom. The van der Waals surface area contributed by atoms with Gasteiger partial charge in [0.25, 0.3) is 0 Å². The molecule has 16 heavy (non-hydrogen) atoms. The van der Waals surface area contributed by atoms with Crippen molar-refractivity contribution in [3.63, 3.8) is 0 Å². The second kappa shape index (κ2) is 4.85. The Morgan fingerprint density at radius 3 is 2.25 bits per heavy atom. The van der Waals surface area contributed by atoms with Gasteiger partial charge in [-0.05, 0) is 37.5 Å². The van der Waals surface area contributed by atoms with E-state index in [0.717, 1.165) is 31.5 Å². The fraction of sp³-hybridized carbons (Fsp3) is 0.538. The number of piperidine rings is 1. The Labute approximate surface area is 96.3 Å². The lowest BCUT2D eigenvalue weighted by Crippen LogP contribution is -2.35. The van der Waals surface area contributed by atoms with Gasteiger partial charge in [-0.3, -0.25) is 0 Å². The number of rotatable bonds is 2. The molecule has 88 valence electrons. The molecule has 0 spiro atoms. The van der Waals surface area contributed by atoms with Crippen LogP contribution in [0, 0.1) is 0 Å². The Kier molecular flexibility index (Phi) is 3.46. The van der Waals surface area contributed by atoms with Gasteiger partial charge >= 0.3 is 0 Å². The van der Waals surface area contributed by atoms with Gasteiger partial charge in [0.1, 0.15) is 0 Å². The van der Waals surface area contributed by atoms with Crippen molar-refractivity contribution in [3.8, 4) is 0 Å². The van der Waals surface area contributed by atoms with Gasteiger partial charge in [-0.15, -0.1) is 0 Å². The van der Waals surface area contributed by atoms with E-state index in [9.17, 15) is 10.2 Å². The Balaban J connectivity index is 2.04. The van der Waals surface area contributed by atoms with E-state index in [4.69, 9.17) is 0 Å². The van der Waals surface area contributed by atoms with Crippen LogP contribution < -0.4 is 4.90 Å². The molecule has 0 saturated carbocycles. The summed E-state index contributed by atoms with van der Waals surface area (Å²) in [7, 11) is 0. The monoisotopic (exact) mass is 221 g/mol. The van der Waals surface area contributed by atoms with E-state index in [1.807, 2.05) is 24.3 Å². The summed E-state index contributed by atoms with van der Waals surface area (Å²) in [6.07, 6.45) is 1.15.